The minimum Gasteiger partial charge on any atom is -0.395 e. The normalized spacial score (nSPS) is 27.4. The summed E-state index contributed by atoms with van der Waals surface area (Å²) >= 11 is 0. The summed E-state index contributed by atoms with van der Waals surface area (Å²) in [6.07, 6.45) is 4.90. The van der Waals surface area contributed by atoms with Gasteiger partial charge in [0, 0.05) is 31.2 Å². The number of nitrogens with two attached hydrogens (primary N) is 1. The molecule has 2 atom stereocenters. The van der Waals surface area contributed by atoms with Gasteiger partial charge in [0.1, 0.15) is 0 Å². The van der Waals surface area contributed by atoms with Gasteiger partial charge in [0.2, 0.25) is 0 Å². The maximum absolute atomic E-state index is 9.57. The molecule has 17 heavy (non-hydrogen) atoms. The largest absolute Gasteiger partial charge is 0.395 e. The van der Waals surface area contributed by atoms with Gasteiger partial charge in [-0.05, 0) is 45.7 Å². The summed E-state index contributed by atoms with van der Waals surface area (Å²) in [5.74, 6) is 0.665. The fourth-order valence-corrected chi connectivity index (χ4v) is 3.01. The van der Waals surface area contributed by atoms with Gasteiger partial charge in [0.15, 0.2) is 0 Å². The van der Waals surface area contributed by atoms with Crippen molar-refractivity contribution >= 4 is 0 Å². The zero-order valence-electron chi connectivity index (χ0n) is 11.2. The topological polar surface area (TPSA) is 52.7 Å². The van der Waals surface area contributed by atoms with Crippen LogP contribution in [0.3, 0.4) is 0 Å². The summed E-state index contributed by atoms with van der Waals surface area (Å²) in [5, 5.41) is 9.57. The molecule has 100 valence electrons. The molecule has 2 unspecified atom stereocenters. The van der Waals surface area contributed by atoms with E-state index in [2.05, 4.69) is 23.9 Å². The van der Waals surface area contributed by atoms with E-state index in [9.17, 15) is 5.11 Å². The highest BCUT2D eigenvalue weighted by atomic mass is 16.3. The number of nitrogens with zero attached hydrogens (tertiary/aromatic N) is 2. The highest BCUT2D eigenvalue weighted by molar-refractivity contribution is 4.94. The Balaban J connectivity index is 1.85. The highest BCUT2D eigenvalue weighted by Crippen LogP contribution is 2.34. The van der Waals surface area contributed by atoms with Crippen LogP contribution in [0.4, 0.5) is 0 Å². The van der Waals surface area contributed by atoms with Gasteiger partial charge in [-0.2, -0.15) is 0 Å². The molecule has 1 aliphatic heterocycles. The van der Waals surface area contributed by atoms with E-state index in [0.29, 0.717) is 12.0 Å². The van der Waals surface area contributed by atoms with Gasteiger partial charge in [0.25, 0.3) is 0 Å². The minimum atomic E-state index is 0.177. The zero-order valence-corrected chi connectivity index (χ0v) is 11.2. The van der Waals surface area contributed by atoms with Crippen molar-refractivity contribution in [2.75, 3.05) is 33.8 Å². The van der Waals surface area contributed by atoms with Crippen LogP contribution in [0.15, 0.2) is 0 Å². The molecule has 1 saturated heterocycles. The molecule has 2 fully saturated rings. The van der Waals surface area contributed by atoms with Crippen molar-refractivity contribution < 1.29 is 5.11 Å². The number of rotatable bonds is 5. The number of hydrogen-bond acceptors (Lipinski definition) is 4. The number of piperidine rings is 1. The van der Waals surface area contributed by atoms with Crippen LogP contribution in [0, 0.1) is 5.92 Å². The first-order chi connectivity index (χ1) is 8.13. The van der Waals surface area contributed by atoms with Crippen LogP contribution >= 0.6 is 0 Å². The highest BCUT2D eigenvalue weighted by Gasteiger charge is 2.37. The second-order valence-electron chi connectivity index (χ2n) is 5.90. The Hall–Kier alpha value is -0.160. The van der Waals surface area contributed by atoms with E-state index >= 15 is 0 Å². The SMILES string of the molecule is CN(C)C1CCN(C(CO)C(N)C2CC2)CC1. The van der Waals surface area contributed by atoms with Crippen LogP contribution in [0.1, 0.15) is 25.7 Å². The Morgan fingerprint density at radius 3 is 2.24 bits per heavy atom. The molecule has 1 aliphatic carbocycles. The van der Waals surface area contributed by atoms with Gasteiger partial charge in [0.05, 0.1) is 6.61 Å². The first kappa shape index (κ1) is 13.3. The van der Waals surface area contributed by atoms with Crippen molar-refractivity contribution in [1.82, 2.24) is 9.80 Å². The third kappa shape index (κ3) is 3.19. The van der Waals surface area contributed by atoms with E-state index in [1.165, 1.54) is 25.7 Å². The predicted molar refractivity (Wildman–Crippen MR) is 69.9 cm³/mol. The molecule has 0 bridgehead atoms. The molecule has 4 nitrogen and oxygen atoms in total. The van der Waals surface area contributed by atoms with Crippen LogP contribution in [-0.4, -0.2) is 66.8 Å². The number of aliphatic hydroxyl groups is 1. The van der Waals surface area contributed by atoms with Crippen molar-refractivity contribution in [3.8, 4) is 0 Å². The summed E-state index contributed by atoms with van der Waals surface area (Å²) in [6.45, 7) is 2.37. The molecule has 0 spiro atoms. The van der Waals surface area contributed by atoms with Gasteiger partial charge in [-0.3, -0.25) is 4.90 Å². The Labute approximate surface area is 105 Å². The quantitative estimate of drug-likeness (QED) is 0.717. The van der Waals surface area contributed by atoms with Crippen molar-refractivity contribution in [1.29, 1.82) is 0 Å². The van der Waals surface area contributed by atoms with Crippen LogP contribution in [-0.2, 0) is 0 Å². The van der Waals surface area contributed by atoms with E-state index in [1.807, 2.05) is 0 Å². The molecular weight excluding hydrogens is 214 g/mol. The average Bonchev–Trinajstić information content (AvgIpc) is 3.14. The monoisotopic (exact) mass is 241 g/mol. The van der Waals surface area contributed by atoms with Crippen LogP contribution in [0.2, 0.25) is 0 Å². The molecule has 0 amide bonds. The lowest BCUT2D eigenvalue weighted by Crippen LogP contribution is -2.55. The molecule has 0 radical (unpaired) electrons. The summed E-state index contributed by atoms with van der Waals surface area (Å²) < 4.78 is 0. The Morgan fingerprint density at radius 2 is 1.82 bits per heavy atom. The van der Waals surface area contributed by atoms with E-state index < -0.39 is 0 Å². The molecule has 1 heterocycles. The maximum atomic E-state index is 9.57. The summed E-state index contributed by atoms with van der Waals surface area (Å²) in [6, 6.07) is 1.06. The lowest BCUT2D eigenvalue weighted by Gasteiger charge is -2.41. The summed E-state index contributed by atoms with van der Waals surface area (Å²) in [7, 11) is 4.31. The van der Waals surface area contributed by atoms with E-state index in [1.54, 1.807) is 0 Å². The van der Waals surface area contributed by atoms with Crippen molar-refractivity contribution in [2.45, 2.75) is 43.8 Å². The van der Waals surface area contributed by atoms with Crippen molar-refractivity contribution in [2.24, 2.45) is 11.7 Å². The van der Waals surface area contributed by atoms with Crippen LogP contribution < -0.4 is 5.73 Å². The maximum Gasteiger partial charge on any atom is 0.0602 e. The first-order valence-corrected chi connectivity index (χ1v) is 6.90. The second kappa shape index (κ2) is 5.65. The zero-order chi connectivity index (χ0) is 12.4. The molecule has 2 aliphatic rings. The lowest BCUT2D eigenvalue weighted by atomic mass is 9.97. The number of hydrogen-bond donors (Lipinski definition) is 2. The van der Waals surface area contributed by atoms with Gasteiger partial charge < -0.3 is 15.7 Å². The van der Waals surface area contributed by atoms with E-state index in [0.717, 1.165) is 13.1 Å². The lowest BCUT2D eigenvalue weighted by molar-refractivity contribution is 0.0578. The first-order valence-electron chi connectivity index (χ1n) is 6.90. The fraction of sp³-hybridized carbons (Fsp3) is 1.00. The van der Waals surface area contributed by atoms with Gasteiger partial charge in [-0.15, -0.1) is 0 Å². The Bertz CT molecular complexity index is 235. The van der Waals surface area contributed by atoms with Crippen molar-refractivity contribution in [3.05, 3.63) is 0 Å². The van der Waals surface area contributed by atoms with Crippen LogP contribution in [0.25, 0.3) is 0 Å². The third-order valence-corrected chi connectivity index (χ3v) is 4.50. The molecule has 3 N–H and O–H groups in total. The molecule has 4 heteroatoms. The van der Waals surface area contributed by atoms with E-state index in [-0.39, 0.29) is 18.7 Å². The average molecular weight is 241 g/mol. The van der Waals surface area contributed by atoms with Gasteiger partial charge in [-0.1, -0.05) is 0 Å². The molecule has 0 aromatic rings. The second-order valence-corrected chi connectivity index (χ2v) is 5.90. The molecular formula is C13H27N3O. The fourth-order valence-electron chi connectivity index (χ4n) is 3.01. The molecule has 0 aromatic carbocycles. The minimum absolute atomic E-state index is 0.177. The Kier molecular flexibility index (Phi) is 4.42. The van der Waals surface area contributed by atoms with Crippen LogP contribution in [0.5, 0.6) is 0 Å². The van der Waals surface area contributed by atoms with E-state index in [4.69, 9.17) is 5.73 Å². The Morgan fingerprint density at radius 1 is 1.24 bits per heavy atom. The summed E-state index contributed by atoms with van der Waals surface area (Å²) in [4.78, 5) is 4.72. The third-order valence-electron chi connectivity index (χ3n) is 4.50. The molecule has 1 saturated carbocycles. The smallest absolute Gasteiger partial charge is 0.0602 e. The van der Waals surface area contributed by atoms with Gasteiger partial charge in [-0.25, -0.2) is 0 Å². The van der Waals surface area contributed by atoms with Crippen molar-refractivity contribution in [3.63, 3.8) is 0 Å². The standard InChI is InChI=1S/C13H27N3O/c1-15(2)11-5-7-16(8-6-11)12(9-17)13(14)10-3-4-10/h10-13,17H,3-9,14H2,1-2H3. The molecule has 0 aromatic heterocycles. The summed E-state index contributed by atoms with van der Waals surface area (Å²) in [5.41, 5.74) is 6.25. The number of aliphatic hydroxyl groups excluding tert-OH is 1. The predicted octanol–water partition coefficient (Wildman–Crippen LogP) is 0.111. The number of likely N-dealkylation sites (tertiary alicyclic amines) is 1. The van der Waals surface area contributed by atoms with Gasteiger partial charge >= 0.3 is 0 Å². The molecule has 2 rings (SSSR count).